The summed E-state index contributed by atoms with van der Waals surface area (Å²) in [6, 6.07) is 1.09. The molecule has 2 aliphatic rings. The van der Waals surface area contributed by atoms with Gasteiger partial charge in [-0.25, -0.2) is 4.79 Å². The molecule has 2 heterocycles. The van der Waals surface area contributed by atoms with Gasteiger partial charge in [0.2, 0.25) is 0 Å². The molecule has 2 aliphatic heterocycles. The van der Waals surface area contributed by atoms with E-state index in [1.165, 1.54) is 19.4 Å². The molecule has 0 aromatic rings. The van der Waals surface area contributed by atoms with Crippen molar-refractivity contribution in [3.63, 3.8) is 0 Å². The zero-order chi connectivity index (χ0) is 10.8. The SMILES string of the molecule is C=C(CNC1CCN2CCCC12)C(=O)O. The van der Waals surface area contributed by atoms with Gasteiger partial charge in [0.05, 0.1) is 0 Å². The maximum Gasteiger partial charge on any atom is 0.332 e. The quantitative estimate of drug-likeness (QED) is 0.662. The van der Waals surface area contributed by atoms with Crippen LogP contribution in [-0.4, -0.2) is 47.7 Å². The van der Waals surface area contributed by atoms with E-state index in [4.69, 9.17) is 5.11 Å². The fourth-order valence-corrected chi connectivity index (χ4v) is 2.65. The van der Waals surface area contributed by atoms with E-state index in [-0.39, 0.29) is 5.57 Å². The van der Waals surface area contributed by atoms with E-state index >= 15 is 0 Å². The van der Waals surface area contributed by atoms with Gasteiger partial charge in [-0.2, -0.15) is 0 Å². The van der Waals surface area contributed by atoms with E-state index in [1.807, 2.05) is 0 Å². The Morgan fingerprint density at radius 2 is 2.27 bits per heavy atom. The van der Waals surface area contributed by atoms with Crippen molar-refractivity contribution >= 4 is 5.97 Å². The van der Waals surface area contributed by atoms with Crippen molar-refractivity contribution in [1.29, 1.82) is 0 Å². The second kappa shape index (κ2) is 4.33. The molecular weight excluding hydrogens is 192 g/mol. The zero-order valence-corrected chi connectivity index (χ0v) is 8.91. The van der Waals surface area contributed by atoms with E-state index in [1.54, 1.807) is 0 Å². The number of nitrogens with zero attached hydrogens (tertiary/aromatic N) is 1. The Balaban J connectivity index is 1.80. The van der Waals surface area contributed by atoms with E-state index in [2.05, 4.69) is 16.8 Å². The van der Waals surface area contributed by atoms with Gasteiger partial charge in [0.1, 0.15) is 0 Å². The molecule has 0 spiro atoms. The van der Waals surface area contributed by atoms with Crippen molar-refractivity contribution in [3.05, 3.63) is 12.2 Å². The van der Waals surface area contributed by atoms with Crippen LogP contribution >= 0.6 is 0 Å². The van der Waals surface area contributed by atoms with Crippen LogP contribution in [0.2, 0.25) is 0 Å². The molecule has 0 bridgehead atoms. The van der Waals surface area contributed by atoms with Gasteiger partial charge in [-0.3, -0.25) is 4.90 Å². The third-order valence-electron chi connectivity index (χ3n) is 3.49. The lowest BCUT2D eigenvalue weighted by molar-refractivity contribution is -0.132. The Hall–Kier alpha value is -0.870. The van der Waals surface area contributed by atoms with Crippen molar-refractivity contribution in [2.75, 3.05) is 19.6 Å². The smallest absolute Gasteiger partial charge is 0.332 e. The van der Waals surface area contributed by atoms with Crippen LogP contribution in [0.4, 0.5) is 0 Å². The summed E-state index contributed by atoms with van der Waals surface area (Å²) in [5.41, 5.74) is 0.256. The summed E-state index contributed by atoms with van der Waals surface area (Å²) < 4.78 is 0. The minimum atomic E-state index is -0.899. The molecule has 2 fully saturated rings. The lowest BCUT2D eigenvalue weighted by atomic mass is 10.1. The van der Waals surface area contributed by atoms with Gasteiger partial charge < -0.3 is 10.4 Å². The molecule has 2 unspecified atom stereocenters. The molecule has 0 saturated carbocycles. The van der Waals surface area contributed by atoms with Crippen molar-refractivity contribution in [3.8, 4) is 0 Å². The van der Waals surface area contributed by atoms with Crippen LogP contribution in [0.15, 0.2) is 12.2 Å². The second-order valence-electron chi connectivity index (χ2n) is 4.43. The fraction of sp³-hybridized carbons (Fsp3) is 0.727. The van der Waals surface area contributed by atoms with E-state index in [9.17, 15) is 4.79 Å². The molecule has 15 heavy (non-hydrogen) atoms. The number of fused-ring (bicyclic) bond motifs is 1. The van der Waals surface area contributed by atoms with E-state index in [0.29, 0.717) is 18.6 Å². The minimum absolute atomic E-state index is 0.256. The number of carboxylic acid groups (broad SMARTS) is 1. The number of carboxylic acids is 1. The lowest BCUT2D eigenvalue weighted by Crippen LogP contribution is -2.40. The molecule has 4 nitrogen and oxygen atoms in total. The highest BCUT2D eigenvalue weighted by Gasteiger charge is 2.36. The molecule has 84 valence electrons. The average molecular weight is 210 g/mol. The predicted octanol–water partition coefficient (Wildman–Crippen LogP) is 0.453. The summed E-state index contributed by atoms with van der Waals surface area (Å²) in [6.07, 6.45) is 3.66. The Labute approximate surface area is 90.0 Å². The Morgan fingerprint density at radius 3 is 3.00 bits per heavy atom. The number of hydrogen-bond donors (Lipinski definition) is 2. The summed E-state index contributed by atoms with van der Waals surface area (Å²) in [5, 5.41) is 12.0. The number of nitrogens with one attached hydrogen (secondary N) is 1. The number of aliphatic carboxylic acids is 1. The maximum absolute atomic E-state index is 10.6. The van der Waals surface area contributed by atoms with Crippen molar-refractivity contribution in [2.24, 2.45) is 0 Å². The number of carbonyl (C=O) groups is 1. The van der Waals surface area contributed by atoms with Gasteiger partial charge in [-0.1, -0.05) is 6.58 Å². The van der Waals surface area contributed by atoms with Gasteiger partial charge in [0, 0.05) is 30.7 Å². The Morgan fingerprint density at radius 1 is 1.47 bits per heavy atom. The summed E-state index contributed by atoms with van der Waals surface area (Å²) in [7, 11) is 0. The Kier molecular flexibility index (Phi) is 3.07. The molecular formula is C11H18N2O2. The first-order valence-electron chi connectivity index (χ1n) is 5.57. The van der Waals surface area contributed by atoms with Crippen LogP contribution in [0.25, 0.3) is 0 Å². The molecule has 0 aromatic carbocycles. The largest absolute Gasteiger partial charge is 0.478 e. The number of hydrogen-bond acceptors (Lipinski definition) is 3. The minimum Gasteiger partial charge on any atom is -0.478 e. The maximum atomic E-state index is 10.6. The van der Waals surface area contributed by atoms with Gasteiger partial charge in [-0.05, 0) is 25.8 Å². The van der Waals surface area contributed by atoms with E-state index in [0.717, 1.165) is 13.0 Å². The third kappa shape index (κ3) is 2.21. The highest BCUT2D eigenvalue weighted by Crippen LogP contribution is 2.27. The predicted molar refractivity (Wildman–Crippen MR) is 57.8 cm³/mol. The van der Waals surface area contributed by atoms with Crippen LogP contribution in [0.5, 0.6) is 0 Å². The summed E-state index contributed by atoms with van der Waals surface area (Å²) >= 11 is 0. The zero-order valence-electron chi connectivity index (χ0n) is 8.91. The highest BCUT2D eigenvalue weighted by atomic mass is 16.4. The van der Waals surface area contributed by atoms with Crippen LogP contribution in [0.3, 0.4) is 0 Å². The molecule has 0 amide bonds. The van der Waals surface area contributed by atoms with Gasteiger partial charge >= 0.3 is 5.97 Å². The fourth-order valence-electron chi connectivity index (χ4n) is 2.65. The molecule has 0 aromatic heterocycles. The van der Waals surface area contributed by atoms with Crippen molar-refractivity contribution in [1.82, 2.24) is 10.2 Å². The number of rotatable bonds is 4. The van der Waals surface area contributed by atoms with Crippen LogP contribution < -0.4 is 5.32 Å². The first kappa shape index (κ1) is 10.6. The van der Waals surface area contributed by atoms with Crippen molar-refractivity contribution < 1.29 is 9.90 Å². The van der Waals surface area contributed by atoms with Gasteiger partial charge in [-0.15, -0.1) is 0 Å². The summed E-state index contributed by atoms with van der Waals surface area (Å²) in [4.78, 5) is 13.1. The summed E-state index contributed by atoms with van der Waals surface area (Å²) in [6.45, 7) is 6.30. The van der Waals surface area contributed by atoms with Crippen LogP contribution in [0, 0.1) is 0 Å². The molecule has 0 radical (unpaired) electrons. The normalized spacial score (nSPS) is 30.4. The standard InChI is InChI=1S/C11H18N2O2/c1-8(11(14)15)7-12-9-4-6-13-5-2-3-10(9)13/h9-10,12H,1-7H2,(H,14,15). The molecule has 2 saturated heterocycles. The van der Waals surface area contributed by atoms with E-state index < -0.39 is 5.97 Å². The monoisotopic (exact) mass is 210 g/mol. The van der Waals surface area contributed by atoms with Crippen molar-refractivity contribution in [2.45, 2.75) is 31.3 Å². The average Bonchev–Trinajstić information content (AvgIpc) is 2.76. The first-order chi connectivity index (χ1) is 7.18. The first-order valence-corrected chi connectivity index (χ1v) is 5.57. The molecule has 0 aliphatic carbocycles. The molecule has 4 heteroatoms. The summed E-state index contributed by atoms with van der Waals surface area (Å²) in [5.74, 6) is -0.899. The molecule has 2 atom stereocenters. The van der Waals surface area contributed by atoms with Crippen LogP contribution in [0.1, 0.15) is 19.3 Å². The topological polar surface area (TPSA) is 52.6 Å². The third-order valence-corrected chi connectivity index (χ3v) is 3.49. The molecule has 2 N–H and O–H groups in total. The highest BCUT2D eigenvalue weighted by molar-refractivity contribution is 5.86. The second-order valence-corrected chi connectivity index (χ2v) is 4.43. The lowest BCUT2D eigenvalue weighted by Gasteiger charge is -2.21. The van der Waals surface area contributed by atoms with Gasteiger partial charge in [0.25, 0.3) is 0 Å². The van der Waals surface area contributed by atoms with Gasteiger partial charge in [0.15, 0.2) is 0 Å². The Bertz CT molecular complexity index is 278. The molecule has 2 rings (SSSR count). The van der Waals surface area contributed by atoms with Crippen LogP contribution in [-0.2, 0) is 4.79 Å².